The van der Waals surface area contributed by atoms with Gasteiger partial charge in [0.05, 0.1) is 12.3 Å². The van der Waals surface area contributed by atoms with Gasteiger partial charge >= 0.3 is 5.97 Å². The molecule has 1 aromatic heterocycles. The molecule has 0 fully saturated rings. The molecule has 0 spiro atoms. The Morgan fingerprint density at radius 1 is 1.61 bits per heavy atom. The molecule has 0 bridgehead atoms. The summed E-state index contributed by atoms with van der Waals surface area (Å²) in [5, 5.41) is 11.9. The molecule has 1 N–H and O–H groups in total. The van der Waals surface area contributed by atoms with E-state index in [1.54, 1.807) is 19.1 Å². The first-order valence-corrected chi connectivity index (χ1v) is 5.70. The summed E-state index contributed by atoms with van der Waals surface area (Å²) in [4.78, 5) is 15.1. The largest absolute Gasteiger partial charge is 0.462 e. The number of anilines is 1. The van der Waals surface area contributed by atoms with Crippen LogP contribution in [0.5, 0.6) is 0 Å². The number of rotatable bonds is 4. The molecule has 18 heavy (non-hydrogen) atoms. The number of pyridine rings is 1. The molecule has 94 valence electrons. The van der Waals surface area contributed by atoms with E-state index < -0.39 is 5.97 Å². The summed E-state index contributed by atoms with van der Waals surface area (Å²) in [6, 6.07) is 4.83. The van der Waals surface area contributed by atoms with Crippen LogP contribution < -0.4 is 5.32 Å². The summed E-state index contributed by atoms with van der Waals surface area (Å²) in [6.07, 6.45) is 1.20. The summed E-state index contributed by atoms with van der Waals surface area (Å²) in [5.41, 5.74) is 0.265. The number of esters is 1. The minimum absolute atomic E-state index is 0.139. The van der Waals surface area contributed by atoms with Gasteiger partial charge in [-0.2, -0.15) is 5.26 Å². The normalized spacial score (nSPS) is 10.7. The zero-order chi connectivity index (χ0) is 13.5. The van der Waals surface area contributed by atoms with Gasteiger partial charge in [0.15, 0.2) is 10.7 Å². The quantitative estimate of drug-likeness (QED) is 0.398. The molecule has 0 aliphatic carbocycles. The summed E-state index contributed by atoms with van der Waals surface area (Å²) in [5.74, 6) is -0.703. The molecule has 0 aromatic carbocycles. The molecule has 1 heterocycles. The van der Waals surface area contributed by atoms with Crippen LogP contribution in [0, 0.1) is 11.3 Å². The van der Waals surface area contributed by atoms with Crippen LogP contribution in [0.15, 0.2) is 23.9 Å². The van der Waals surface area contributed by atoms with Crippen LogP contribution in [0.3, 0.4) is 0 Å². The lowest BCUT2D eigenvalue weighted by Crippen LogP contribution is -2.08. The predicted octanol–water partition coefficient (Wildman–Crippen LogP) is 2.77. The van der Waals surface area contributed by atoms with Gasteiger partial charge in [0, 0.05) is 6.20 Å². The van der Waals surface area contributed by atoms with Gasteiger partial charge in [-0.15, -0.1) is 0 Å². The highest BCUT2D eigenvalue weighted by atomic mass is 35.5. The van der Waals surface area contributed by atoms with E-state index >= 15 is 0 Å². The number of nitriles is 1. The van der Waals surface area contributed by atoms with Gasteiger partial charge in [0.1, 0.15) is 11.2 Å². The van der Waals surface area contributed by atoms with Gasteiger partial charge in [0.25, 0.3) is 0 Å². The number of halogens is 2. The molecular weight excluding hydrogens is 277 g/mol. The second-order valence-corrected chi connectivity index (χ2v) is 3.75. The zero-order valence-electron chi connectivity index (χ0n) is 9.41. The van der Waals surface area contributed by atoms with E-state index in [-0.39, 0.29) is 22.5 Å². The number of carbonyl (C=O) groups is 1. The number of hydrogen-bond acceptors (Lipinski definition) is 5. The fourth-order valence-corrected chi connectivity index (χ4v) is 1.41. The number of nitrogens with one attached hydrogen (secondary N) is 1. The zero-order valence-corrected chi connectivity index (χ0v) is 10.9. The first kappa shape index (κ1) is 14.3. The van der Waals surface area contributed by atoms with Crippen LogP contribution in [0.1, 0.15) is 6.92 Å². The Bertz CT molecular complexity index is 524. The number of hydrogen-bond donors (Lipinski definition) is 1. The topological polar surface area (TPSA) is 75.0 Å². The molecule has 5 nitrogen and oxygen atoms in total. The third-order valence-electron chi connectivity index (χ3n) is 1.80. The van der Waals surface area contributed by atoms with Crippen molar-refractivity contribution in [3.8, 4) is 6.07 Å². The summed E-state index contributed by atoms with van der Waals surface area (Å²) >= 11 is 11.4. The van der Waals surface area contributed by atoms with Gasteiger partial charge in [-0.1, -0.05) is 23.2 Å². The Balaban J connectivity index is 2.84. The molecule has 1 rings (SSSR count). The van der Waals surface area contributed by atoms with E-state index in [4.69, 9.17) is 33.2 Å². The third kappa shape index (κ3) is 3.91. The van der Waals surface area contributed by atoms with E-state index in [1.807, 2.05) is 0 Å². The highest BCUT2D eigenvalue weighted by molar-refractivity contribution is 6.34. The van der Waals surface area contributed by atoms with Crippen LogP contribution in [-0.2, 0) is 9.53 Å². The maximum absolute atomic E-state index is 11.3. The van der Waals surface area contributed by atoms with Crippen molar-refractivity contribution in [2.45, 2.75) is 6.92 Å². The van der Waals surface area contributed by atoms with Crippen molar-refractivity contribution in [1.82, 2.24) is 4.98 Å². The fourth-order valence-electron chi connectivity index (χ4n) is 1.02. The number of ether oxygens (including phenoxy) is 1. The maximum atomic E-state index is 11.3. The lowest BCUT2D eigenvalue weighted by Gasteiger charge is -2.04. The lowest BCUT2D eigenvalue weighted by atomic mass is 10.3. The van der Waals surface area contributed by atoms with Gasteiger partial charge in [-0.3, -0.25) is 0 Å². The molecule has 0 aliphatic heterocycles. The summed E-state index contributed by atoms with van der Waals surface area (Å²) in [6.45, 7) is 1.85. The Kier molecular flexibility index (Phi) is 5.43. The van der Waals surface area contributed by atoms with Crippen molar-refractivity contribution in [1.29, 1.82) is 5.26 Å². The standard InChI is InChI=1S/C11H9Cl2N3O2/c1-2-18-11(17)7(5-14)6-15-8-3-4-9(12)16-10(8)13/h3-4,6,15H,2H2,1H3/b7-6+. The van der Waals surface area contributed by atoms with Crippen LogP contribution in [0.4, 0.5) is 5.69 Å². The van der Waals surface area contributed by atoms with Crippen molar-refractivity contribution in [2.75, 3.05) is 11.9 Å². The smallest absolute Gasteiger partial charge is 0.350 e. The average Bonchev–Trinajstić information content (AvgIpc) is 2.32. The number of nitrogens with zero attached hydrogens (tertiary/aromatic N) is 2. The molecule has 0 unspecified atom stereocenters. The highest BCUT2D eigenvalue weighted by Crippen LogP contribution is 2.21. The van der Waals surface area contributed by atoms with Crippen molar-refractivity contribution >= 4 is 34.9 Å². The third-order valence-corrected chi connectivity index (χ3v) is 2.30. The van der Waals surface area contributed by atoms with Gasteiger partial charge in [0.2, 0.25) is 0 Å². The molecule has 0 saturated heterocycles. The molecule has 0 amide bonds. The average molecular weight is 286 g/mol. The first-order valence-electron chi connectivity index (χ1n) is 4.94. The van der Waals surface area contributed by atoms with Gasteiger partial charge < -0.3 is 10.1 Å². The monoisotopic (exact) mass is 285 g/mol. The van der Waals surface area contributed by atoms with E-state index in [1.165, 1.54) is 12.3 Å². The van der Waals surface area contributed by atoms with E-state index in [0.717, 1.165) is 0 Å². The van der Waals surface area contributed by atoms with Crippen molar-refractivity contribution in [2.24, 2.45) is 0 Å². The molecule has 0 radical (unpaired) electrons. The number of carbonyl (C=O) groups excluding carboxylic acids is 1. The van der Waals surface area contributed by atoms with Gasteiger partial charge in [-0.25, -0.2) is 9.78 Å². The van der Waals surface area contributed by atoms with Crippen molar-refractivity contribution < 1.29 is 9.53 Å². The minimum atomic E-state index is -0.703. The van der Waals surface area contributed by atoms with Crippen LogP contribution in [0.25, 0.3) is 0 Å². The first-order chi connectivity index (χ1) is 8.58. The molecule has 0 aliphatic rings. The second-order valence-electron chi connectivity index (χ2n) is 3.01. The summed E-state index contributed by atoms with van der Waals surface area (Å²) in [7, 11) is 0. The maximum Gasteiger partial charge on any atom is 0.350 e. The Morgan fingerprint density at radius 3 is 2.89 bits per heavy atom. The Hall–Kier alpha value is -1.77. The highest BCUT2D eigenvalue weighted by Gasteiger charge is 2.09. The predicted molar refractivity (Wildman–Crippen MR) is 68.2 cm³/mol. The van der Waals surface area contributed by atoms with Crippen LogP contribution in [0.2, 0.25) is 10.3 Å². The SMILES string of the molecule is CCOC(=O)/C(C#N)=C/Nc1ccc(Cl)nc1Cl. The second kappa shape index (κ2) is 6.84. The van der Waals surface area contributed by atoms with Gasteiger partial charge in [-0.05, 0) is 19.1 Å². The van der Waals surface area contributed by atoms with E-state index in [9.17, 15) is 4.79 Å². The summed E-state index contributed by atoms with van der Waals surface area (Å²) < 4.78 is 4.69. The van der Waals surface area contributed by atoms with Crippen molar-refractivity contribution in [3.05, 3.63) is 34.2 Å². The minimum Gasteiger partial charge on any atom is -0.462 e. The lowest BCUT2D eigenvalue weighted by molar-refractivity contribution is -0.138. The van der Waals surface area contributed by atoms with Crippen molar-refractivity contribution in [3.63, 3.8) is 0 Å². The van der Waals surface area contributed by atoms with Crippen LogP contribution >= 0.6 is 23.2 Å². The molecule has 7 heteroatoms. The van der Waals surface area contributed by atoms with E-state index in [2.05, 4.69) is 10.3 Å². The van der Waals surface area contributed by atoms with E-state index in [0.29, 0.717) is 5.69 Å². The Labute approximate surface area is 114 Å². The molecular formula is C11H9Cl2N3O2. The Morgan fingerprint density at radius 2 is 2.33 bits per heavy atom. The molecule has 0 atom stereocenters. The number of aromatic nitrogens is 1. The van der Waals surface area contributed by atoms with Crippen LogP contribution in [-0.4, -0.2) is 17.6 Å². The fraction of sp³-hybridized carbons (Fsp3) is 0.182. The molecule has 1 aromatic rings. The molecule has 0 saturated carbocycles.